The monoisotopic (exact) mass is 267 g/mol. The van der Waals surface area contributed by atoms with E-state index in [4.69, 9.17) is 10.2 Å². The number of aromatic hydroxyl groups is 1. The second-order valence-corrected chi connectivity index (χ2v) is 10.0. The SMILES string of the molecule is CC(C)C[Si](C)(C)OCCc1c(N)cccc1O. The van der Waals surface area contributed by atoms with E-state index in [1.807, 2.05) is 6.07 Å². The molecule has 0 radical (unpaired) electrons. The van der Waals surface area contributed by atoms with Gasteiger partial charge in [0.15, 0.2) is 8.32 Å². The van der Waals surface area contributed by atoms with Crippen LogP contribution in [0.2, 0.25) is 19.1 Å². The first-order valence-corrected chi connectivity index (χ1v) is 9.63. The van der Waals surface area contributed by atoms with Gasteiger partial charge in [0.2, 0.25) is 0 Å². The zero-order chi connectivity index (χ0) is 13.8. The van der Waals surface area contributed by atoms with Gasteiger partial charge in [-0.3, -0.25) is 0 Å². The van der Waals surface area contributed by atoms with E-state index >= 15 is 0 Å². The Kier molecular flexibility index (Phi) is 5.23. The fourth-order valence-corrected chi connectivity index (χ4v) is 5.07. The molecular formula is C14H25NO2Si. The molecule has 0 aliphatic heterocycles. The second-order valence-electron chi connectivity index (χ2n) is 5.80. The van der Waals surface area contributed by atoms with E-state index in [0.29, 0.717) is 24.6 Å². The maximum atomic E-state index is 9.74. The van der Waals surface area contributed by atoms with Crippen LogP contribution in [0.5, 0.6) is 5.75 Å². The lowest BCUT2D eigenvalue weighted by Gasteiger charge is -2.25. The maximum absolute atomic E-state index is 9.74. The molecule has 4 heteroatoms. The molecule has 0 amide bonds. The fourth-order valence-electron chi connectivity index (χ4n) is 2.34. The first-order chi connectivity index (χ1) is 8.32. The number of nitrogens with two attached hydrogens (primary N) is 1. The van der Waals surface area contributed by atoms with E-state index in [9.17, 15) is 5.11 Å². The van der Waals surface area contributed by atoms with Crippen LogP contribution in [0.4, 0.5) is 5.69 Å². The van der Waals surface area contributed by atoms with E-state index in [2.05, 4.69) is 26.9 Å². The molecule has 0 unspecified atom stereocenters. The van der Waals surface area contributed by atoms with Crippen molar-refractivity contribution < 1.29 is 9.53 Å². The summed E-state index contributed by atoms with van der Waals surface area (Å²) >= 11 is 0. The van der Waals surface area contributed by atoms with Gasteiger partial charge in [0.1, 0.15) is 5.75 Å². The van der Waals surface area contributed by atoms with Crippen LogP contribution in [0, 0.1) is 5.92 Å². The van der Waals surface area contributed by atoms with E-state index in [0.717, 1.165) is 11.6 Å². The molecule has 1 aromatic carbocycles. The number of nitrogen functional groups attached to an aromatic ring is 1. The average molecular weight is 267 g/mol. The lowest BCUT2D eigenvalue weighted by atomic mass is 10.1. The topological polar surface area (TPSA) is 55.5 Å². The minimum Gasteiger partial charge on any atom is -0.508 e. The summed E-state index contributed by atoms with van der Waals surface area (Å²) in [6.07, 6.45) is 0.674. The van der Waals surface area contributed by atoms with Gasteiger partial charge in [0.25, 0.3) is 0 Å². The van der Waals surface area contributed by atoms with Gasteiger partial charge in [-0.15, -0.1) is 0 Å². The average Bonchev–Trinajstić information content (AvgIpc) is 2.20. The van der Waals surface area contributed by atoms with Gasteiger partial charge in [-0.2, -0.15) is 0 Å². The van der Waals surface area contributed by atoms with Crippen LogP contribution >= 0.6 is 0 Å². The highest BCUT2D eigenvalue weighted by atomic mass is 28.4. The molecule has 0 saturated carbocycles. The fraction of sp³-hybridized carbons (Fsp3) is 0.571. The number of hydrogen-bond acceptors (Lipinski definition) is 3. The van der Waals surface area contributed by atoms with Crippen molar-refractivity contribution in [3.8, 4) is 5.75 Å². The Labute approximate surface area is 111 Å². The Morgan fingerprint density at radius 1 is 1.33 bits per heavy atom. The highest BCUT2D eigenvalue weighted by molar-refractivity contribution is 6.71. The maximum Gasteiger partial charge on any atom is 0.186 e. The summed E-state index contributed by atoms with van der Waals surface area (Å²) in [6, 6.07) is 6.39. The minimum absolute atomic E-state index is 0.266. The van der Waals surface area contributed by atoms with Crippen LogP contribution in [0.15, 0.2) is 18.2 Å². The lowest BCUT2D eigenvalue weighted by Crippen LogP contribution is -2.32. The summed E-state index contributed by atoms with van der Waals surface area (Å²) in [4.78, 5) is 0. The van der Waals surface area contributed by atoms with Gasteiger partial charge in [0.05, 0.1) is 0 Å². The van der Waals surface area contributed by atoms with Crippen LogP contribution in [0.1, 0.15) is 19.4 Å². The van der Waals surface area contributed by atoms with E-state index in [1.165, 1.54) is 0 Å². The van der Waals surface area contributed by atoms with Crippen molar-refractivity contribution in [1.82, 2.24) is 0 Å². The van der Waals surface area contributed by atoms with Crippen molar-refractivity contribution in [1.29, 1.82) is 0 Å². The predicted octanol–water partition coefficient (Wildman–Crippen LogP) is 3.39. The highest BCUT2D eigenvalue weighted by Crippen LogP contribution is 2.24. The first kappa shape index (κ1) is 15.1. The van der Waals surface area contributed by atoms with E-state index in [-0.39, 0.29) is 5.75 Å². The molecule has 1 rings (SSSR count). The smallest absolute Gasteiger partial charge is 0.186 e. The molecule has 3 nitrogen and oxygen atoms in total. The molecule has 0 fully saturated rings. The molecule has 18 heavy (non-hydrogen) atoms. The number of benzene rings is 1. The molecule has 1 aromatic rings. The molecule has 0 aromatic heterocycles. The number of anilines is 1. The van der Waals surface area contributed by atoms with Crippen LogP contribution < -0.4 is 5.73 Å². The van der Waals surface area contributed by atoms with Gasteiger partial charge in [-0.05, 0) is 37.2 Å². The number of hydrogen-bond donors (Lipinski definition) is 2. The summed E-state index contributed by atoms with van der Waals surface area (Å²) in [5.41, 5.74) is 7.29. The third-order valence-electron chi connectivity index (χ3n) is 2.93. The van der Waals surface area contributed by atoms with Crippen molar-refractivity contribution in [3.05, 3.63) is 23.8 Å². The van der Waals surface area contributed by atoms with E-state index < -0.39 is 8.32 Å². The normalized spacial score (nSPS) is 12.1. The Morgan fingerprint density at radius 3 is 2.56 bits per heavy atom. The van der Waals surface area contributed by atoms with Crippen molar-refractivity contribution in [3.63, 3.8) is 0 Å². The summed E-state index contributed by atoms with van der Waals surface area (Å²) in [6.45, 7) is 9.55. The highest BCUT2D eigenvalue weighted by Gasteiger charge is 2.23. The minimum atomic E-state index is -1.58. The molecule has 0 aliphatic carbocycles. The third kappa shape index (κ3) is 4.70. The number of phenolic OH excluding ortho intramolecular Hbond substituents is 1. The molecule has 0 heterocycles. The van der Waals surface area contributed by atoms with Crippen LogP contribution in [0.25, 0.3) is 0 Å². The molecule has 0 saturated heterocycles. The molecule has 0 aliphatic rings. The van der Waals surface area contributed by atoms with Crippen molar-refractivity contribution in [2.45, 2.75) is 39.4 Å². The second kappa shape index (κ2) is 6.25. The van der Waals surface area contributed by atoms with Gasteiger partial charge in [-0.25, -0.2) is 0 Å². The quantitative estimate of drug-likeness (QED) is 0.613. The molecular weight excluding hydrogens is 242 g/mol. The largest absolute Gasteiger partial charge is 0.508 e. The van der Waals surface area contributed by atoms with Crippen LogP contribution in [0.3, 0.4) is 0 Å². The summed E-state index contributed by atoms with van der Waals surface area (Å²) in [5.74, 6) is 0.934. The number of phenols is 1. The molecule has 0 spiro atoms. The molecule has 0 atom stereocenters. The summed E-state index contributed by atoms with van der Waals surface area (Å²) in [5, 5.41) is 9.74. The predicted molar refractivity (Wildman–Crippen MR) is 79.3 cm³/mol. The molecule has 0 bridgehead atoms. The van der Waals surface area contributed by atoms with Gasteiger partial charge in [-0.1, -0.05) is 19.9 Å². The number of rotatable bonds is 6. The van der Waals surface area contributed by atoms with E-state index in [1.54, 1.807) is 12.1 Å². The Balaban J connectivity index is 2.51. The zero-order valence-corrected chi connectivity index (χ0v) is 12.9. The van der Waals surface area contributed by atoms with Crippen molar-refractivity contribution in [2.24, 2.45) is 5.92 Å². The van der Waals surface area contributed by atoms with Crippen LogP contribution in [-0.2, 0) is 10.8 Å². The Morgan fingerprint density at radius 2 is 2.00 bits per heavy atom. The Bertz CT molecular complexity index is 371. The zero-order valence-electron chi connectivity index (χ0n) is 11.9. The summed E-state index contributed by atoms with van der Waals surface area (Å²) < 4.78 is 6.03. The van der Waals surface area contributed by atoms with Gasteiger partial charge >= 0.3 is 0 Å². The molecule has 3 N–H and O–H groups in total. The standard InChI is InChI=1S/C14H25NO2Si/c1-11(2)10-18(3,4)17-9-8-12-13(15)6-5-7-14(12)16/h5-7,11,16H,8-10,15H2,1-4H3. The first-order valence-electron chi connectivity index (χ1n) is 6.52. The summed E-state index contributed by atoms with van der Waals surface area (Å²) in [7, 11) is -1.58. The Hall–Kier alpha value is -1.00. The van der Waals surface area contributed by atoms with Gasteiger partial charge in [0, 0.05) is 24.3 Å². The molecule has 102 valence electrons. The van der Waals surface area contributed by atoms with Gasteiger partial charge < -0.3 is 15.3 Å². The van der Waals surface area contributed by atoms with Crippen molar-refractivity contribution in [2.75, 3.05) is 12.3 Å². The third-order valence-corrected chi connectivity index (χ3v) is 5.72. The van der Waals surface area contributed by atoms with Crippen LogP contribution in [-0.4, -0.2) is 20.0 Å². The van der Waals surface area contributed by atoms with Crippen molar-refractivity contribution >= 4 is 14.0 Å². The lowest BCUT2D eigenvalue weighted by molar-refractivity contribution is 0.305.